The van der Waals surface area contributed by atoms with E-state index in [1.54, 1.807) is 6.26 Å². The number of thiophene rings is 1. The number of piperidine rings is 1. The maximum Gasteiger partial charge on any atom is 0.117 e. The van der Waals surface area contributed by atoms with Crippen LogP contribution in [0.5, 0.6) is 0 Å². The molecule has 2 aromatic rings. The molecule has 1 atom stereocenters. The van der Waals surface area contributed by atoms with Crippen molar-refractivity contribution >= 4 is 11.3 Å². The van der Waals surface area contributed by atoms with Gasteiger partial charge in [0.2, 0.25) is 0 Å². The summed E-state index contributed by atoms with van der Waals surface area (Å²) in [6.45, 7) is 7.61. The monoisotopic (exact) mass is 360 g/mol. The molecule has 2 saturated heterocycles. The first kappa shape index (κ1) is 17.3. The van der Waals surface area contributed by atoms with Crippen LogP contribution < -0.4 is 0 Å². The molecule has 2 aliphatic rings. The zero-order chi connectivity index (χ0) is 17.1. The molecule has 0 aliphatic carbocycles. The summed E-state index contributed by atoms with van der Waals surface area (Å²) >= 11 is 1.87. The second kappa shape index (κ2) is 7.62. The van der Waals surface area contributed by atoms with Crippen molar-refractivity contribution in [3.63, 3.8) is 0 Å². The van der Waals surface area contributed by atoms with Crippen molar-refractivity contribution in [1.29, 1.82) is 0 Å². The van der Waals surface area contributed by atoms with E-state index in [1.165, 1.54) is 37.4 Å². The Morgan fingerprint density at radius 3 is 2.76 bits per heavy atom. The molecule has 4 nitrogen and oxygen atoms in total. The third-order valence-electron chi connectivity index (χ3n) is 6.02. The maximum atomic E-state index is 5.59. The first-order valence-electron chi connectivity index (χ1n) is 9.26. The fraction of sp³-hybridized carbons (Fsp3) is 0.600. The molecular weight excluding hydrogens is 332 g/mol. The minimum absolute atomic E-state index is 0.411. The fourth-order valence-corrected chi connectivity index (χ4v) is 5.41. The molecule has 136 valence electrons. The van der Waals surface area contributed by atoms with Crippen LogP contribution in [0.15, 0.2) is 40.3 Å². The molecular formula is C20H28N2O2S. The van der Waals surface area contributed by atoms with E-state index in [0.29, 0.717) is 11.3 Å². The molecule has 2 aromatic heterocycles. The van der Waals surface area contributed by atoms with Crippen molar-refractivity contribution in [3.8, 4) is 0 Å². The fourth-order valence-electron chi connectivity index (χ4n) is 4.66. The molecule has 2 aliphatic heterocycles. The predicted octanol–water partition coefficient (Wildman–Crippen LogP) is 3.70. The van der Waals surface area contributed by atoms with E-state index in [-0.39, 0.29) is 0 Å². The number of rotatable bonds is 6. The summed E-state index contributed by atoms with van der Waals surface area (Å²) in [7, 11) is 1.84. The molecule has 0 saturated carbocycles. The average molecular weight is 361 g/mol. The number of nitrogens with zero attached hydrogens (tertiary/aromatic N) is 2. The van der Waals surface area contributed by atoms with Gasteiger partial charge in [0.05, 0.1) is 19.4 Å². The van der Waals surface area contributed by atoms with Crippen LogP contribution in [0, 0.1) is 11.3 Å². The van der Waals surface area contributed by atoms with Gasteiger partial charge in [-0.25, -0.2) is 0 Å². The molecule has 0 amide bonds. The number of furan rings is 1. The Hall–Kier alpha value is -1.14. The Kier molecular flexibility index (Phi) is 5.27. The van der Waals surface area contributed by atoms with E-state index in [2.05, 4.69) is 33.4 Å². The van der Waals surface area contributed by atoms with E-state index in [0.717, 1.165) is 32.0 Å². The van der Waals surface area contributed by atoms with E-state index in [9.17, 15) is 0 Å². The lowest BCUT2D eigenvalue weighted by molar-refractivity contribution is 0.0352. The molecule has 1 unspecified atom stereocenters. The second-order valence-electron chi connectivity index (χ2n) is 7.62. The summed E-state index contributed by atoms with van der Waals surface area (Å²) in [4.78, 5) is 6.67. The van der Waals surface area contributed by atoms with Gasteiger partial charge in [0.15, 0.2) is 0 Å². The Morgan fingerprint density at radius 1 is 1.20 bits per heavy atom. The van der Waals surface area contributed by atoms with Crippen LogP contribution in [0.3, 0.4) is 0 Å². The lowest BCUT2D eigenvalue weighted by Crippen LogP contribution is -2.44. The zero-order valence-electron chi connectivity index (χ0n) is 15.0. The van der Waals surface area contributed by atoms with Crippen molar-refractivity contribution in [2.24, 2.45) is 11.3 Å². The highest BCUT2D eigenvalue weighted by molar-refractivity contribution is 7.09. The Balaban J connectivity index is 1.38. The standard InChI is InChI=1S/C20H28N2O2S/c1-23-15-17-12-22(13-18-4-2-10-24-18)16-20(17)6-8-21(9-7-20)14-19-5-3-11-25-19/h2-5,10-11,17H,6-9,12-16H2,1H3. The molecule has 0 bridgehead atoms. The van der Waals surface area contributed by atoms with Gasteiger partial charge in [-0.1, -0.05) is 6.07 Å². The average Bonchev–Trinajstić information content (AvgIpc) is 3.34. The lowest BCUT2D eigenvalue weighted by atomic mass is 9.71. The van der Waals surface area contributed by atoms with E-state index in [4.69, 9.17) is 9.15 Å². The van der Waals surface area contributed by atoms with Crippen molar-refractivity contribution in [2.75, 3.05) is 39.9 Å². The van der Waals surface area contributed by atoms with Crippen molar-refractivity contribution < 1.29 is 9.15 Å². The van der Waals surface area contributed by atoms with Gasteiger partial charge in [0.25, 0.3) is 0 Å². The molecule has 4 heterocycles. The maximum absolute atomic E-state index is 5.59. The van der Waals surface area contributed by atoms with Gasteiger partial charge in [-0.3, -0.25) is 9.80 Å². The van der Waals surface area contributed by atoms with Crippen LogP contribution in [0.2, 0.25) is 0 Å². The number of likely N-dealkylation sites (tertiary alicyclic amines) is 2. The smallest absolute Gasteiger partial charge is 0.117 e. The van der Waals surface area contributed by atoms with Crippen LogP contribution in [0.4, 0.5) is 0 Å². The Labute approximate surface area is 154 Å². The van der Waals surface area contributed by atoms with Crippen LogP contribution in [0.1, 0.15) is 23.5 Å². The number of methoxy groups -OCH3 is 1. The number of hydrogen-bond donors (Lipinski definition) is 0. The van der Waals surface area contributed by atoms with E-state index < -0.39 is 0 Å². The number of ether oxygens (including phenoxy) is 1. The largest absolute Gasteiger partial charge is 0.468 e. The first-order chi connectivity index (χ1) is 12.3. The lowest BCUT2D eigenvalue weighted by Gasteiger charge is -2.42. The number of hydrogen-bond acceptors (Lipinski definition) is 5. The summed E-state index contributed by atoms with van der Waals surface area (Å²) in [6, 6.07) is 8.48. The summed E-state index contributed by atoms with van der Waals surface area (Å²) in [5.74, 6) is 1.71. The van der Waals surface area contributed by atoms with Gasteiger partial charge in [0, 0.05) is 37.5 Å². The third kappa shape index (κ3) is 3.85. The summed E-state index contributed by atoms with van der Waals surface area (Å²) < 4.78 is 11.1. The molecule has 5 heteroatoms. The van der Waals surface area contributed by atoms with Gasteiger partial charge in [0.1, 0.15) is 5.76 Å². The highest BCUT2D eigenvalue weighted by Gasteiger charge is 2.47. The van der Waals surface area contributed by atoms with Gasteiger partial charge in [-0.2, -0.15) is 0 Å². The van der Waals surface area contributed by atoms with Crippen LogP contribution in [0.25, 0.3) is 0 Å². The van der Waals surface area contributed by atoms with Gasteiger partial charge >= 0.3 is 0 Å². The molecule has 0 aromatic carbocycles. The molecule has 25 heavy (non-hydrogen) atoms. The Morgan fingerprint density at radius 2 is 2.08 bits per heavy atom. The highest BCUT2D eigenvalue weighted by Crippen LogP contribution is 2.45. The van der Waals surface area contributed by atoms with Gasteiger partial charge in [-0.05, 0) is 54.9 Å². The molecule has 2 fully saturated rings. The summed E-state index contributed by atoms with van der Waals surface area (Å²) in [5.41, 5.74) is 0.411. The predicted molar refractivity (Wildman–Crippen MR) is 101 cm³/mol. The quantitative estimate of drug-likeness (QED) is 0.785. The van der Waals surface area contributed by atoms with Crippen molar-refractivity contribution in [1.82, 2.24) is 9.80 Å². The summed E-state index contributed by atoms with van der Waals surface area (Å²) in [5, 5.41) is 2.18. The zero-order valence-corrected chi connectivity index (χ0v) is 15.8. The Bertz CT molecular complexity index is 633. The van der Waals surface area contributed by atoms with Crippen LogP contribution in [-0.2, 0) is 17.8 Å². The van der Waals surface area contributed by atoms with Crippen molar-refractivity contribution in [3.05, 3.63) is 46.5 Å². The molecule has 0 radical (unpaired) electrons. The second-order valence-corrected chi connectivity index (χ2v) is 8.65. The van der Waals surface area contributed by atoms with Gasteiger partial charge in [-0.15, -0.1) is 11.3 Å². The third-order valence-corrected chi connectivity index (χ3v) is 6.88. The highest BCUT2D eigenvalue weighted by atomic mass is 32.1. The topological polar surface area (TPSA) is 28.9 Å². The SMILES string of the molecule is COCC1CN(Cc2ccco2)CC12CCN(Cc1cccs1)CC2. The van der Waals surface area contributed by atoms with Crippen LogP contribution in [-0.4, -0.2) is 49.7 Å². The molecule has 1 spiro atoms. The normalized spacial score (nSPS) is 24.3. The molecule has 0 N–H and O–H groups in total. The van der Waals surface area contributed by atoms with Crippen LogP contribution >= 0.6 is 11.3 Å². The van der Waals surface area contributed by atoms with Gasteiger partial charge < -0.3 is 9.15 Å². The van der Waals surface area contributed by atoms with E-state index >= 15 is 0 Å². The first-order valence-corrected chi connectivity index (χ1v) is 10.1. The minimum Gasteiger partial charge on any atom is -0.468 e. The minimum atomic E-state index is 0.411. The van der Waals surface area contributed by atoms with E-state index in [1.807, 2.05) is 24.5 Å². The summed E-state index contributed by atoms with van der Waals surface area (Å²) in [6.07, 6.45) is 4.33. The molecule has 4 rings (SSSR count). The van der Waals surface area contributed by atoms with Crippen molar-refractivity contribution in [2.45, 2.75) is 25.9 Å².